The summed E-state index contributed by atoms with van der Waals surface area (Å²) in [6, 6.07) is 14.1. The van der Waals surface area contributed by atoms with E-state index >= 15 is 0 Å². The van der Waals surface area contributed by atoms with Crippen LogP contribution in [0.2, 0.25) is 0 Å². The lowest BCUT2D eigenvalue weighted by atomic mass is 10.1. The van der Waals surface area contributed by atoms with Crippen LogP contribution < -0.4 is 21.3 Å². The third-order valence-corrected chi connectivity index (χ3v) is 4.52. The number of carbonyl (C=O) groups excluding carboxylic acids is 3. The fraction of sp³-hybridized carbons (Fsp3) is 0.348. The zero-order valence-corrected chi connectivity index (χ0v) is 17.7. The second-order valence-corrected chi connectivity index (χ2v) is 7.14. The van der Waals surface area contributed by atoms with Gasteiger partial charge in [0.05, 0.1) is 6.54 Å². The molecule has 0 aliphatic heterocycles. The van der Waals surface area contributed by atoms with Crippen molar-refractivity contribution in [1.29, 1.82) is 0 Å². The van der Waals surface area contributed by atoms with Gasteiger partial charge in [-0.05, 0) is 68.3 Å². The molecule has 30 heavy (non-hydrogen) atoms. The maximum Gasteiger partial charge on any atom is 0.251 e. The zero-order chi connectivity index (χ0) is 21.9. The molecule has 0 aromatic heterocycles. The number of anilines is 3. The van der Waals surface area contributed by atoms with Gasteiger partial charge >= 0.3 is 0 Å². The molecule has 1 unspecified atom stereocenters. The summed E-state index contributed by atoms with van der Waals surface area (Å²) in [7, 11) is 0. The SMILES string of the molecule is CCCC(=O)Nc1ccc(NC(=O)CNc2ccc(C(=O)NC(C)CC)cc2)cc1. The van der Waals surface area contributed by atoms with E-state index in [0.717, 1.165) is 18.5 Å². The maximum absolute atomic E-state index is 12.2. The first-order chi connectivity index (χ1) is 14.4. The summed E-state index contributed by atoms with van der Waals surface area (Å²) < 4.78 is 0. The molecule has 2 aromatic carbocycles. The van der Waals surface area contributed by atoms with Crippen molar-refractivity contribution in [3.05, 3.63) is 54.1 Å². The number of hydrogen-bond donors (Lipinski definition) is 4. The van der Waals surface area contributed by atoms with E-state index in [1.165, 1.54) is 0 Å². The summed E-state index contributed by atoms with van der Waals surface area (Å²) in [6.07, 6.45) is 2.14. The van der Waals surface area contributed by atoms with Crippen LogP contribution in [0.15, 0.2) is 48.5 Å². The first kappa shape index (κ1) is 22.9. The Labute approximate surface area is 177 Å². The van der Waals surface area contributed by atoms with Crippen LogP contribution >= 0.6 is 0 Å². The molecule has 0 aliphatic carbocycles. The lowest BCUT2D eigenvalue weighted by Gasteiger charge is -2.12. The van der Waals surface area contributed by atoms with Gasteiger partial charge in [-0.15, -0.1) is 0 Å². The van der Waals surface area contributed by atoms with Crippen molar-refractivity contribution in [3.63, 3.8) is 0 Å². The van der Waals surface area contributed by atoms with E-state index < -0.39 is 0 Å². The summed E-state index contributed by atoms with van der Waals surface area (Å²) in [5.74, 6) is -0.332. The molecule has 0 aliphatic rings. The van der Waals surface area contributed by atoms with E-state index in [0.29, 0.717) is 23.4 Å². The summed E-state index contributed by atoms with van der Waals surface area (Å²) in [6.45, 7) is 6.02. The maximum atomic E-state index is 12.2. The van der Waals surface area contributed by atoms with E-state index in [-0.39, 0.29) is 30.3 Å². The van der Waals surface area contributed by atoms with Crippen molar-refractivity contribution in [2.24, 2.45) is 0 Å². The van der Waals surface area contributed by atoms with Gasteiger partial charge in [-0.2, -0.15) is 0 Å². The second-order valence-electron chi connectivity index (χ2n) is 7.14. The van der Waals surface area contributed by atoms with E-state index in [2.05, 4.69) is 21.3 Å². The topological polar surface area (TPSA) is 99.3 Å². The minimum absolute atomic E-state index is 0.0261. The van der Waals surface area contributed by atoms with Crippen LogP contribution in [0.4, 0.5) is 17.1 Å². The number of rotatable bonds is 10. The number of benzene rings is 2. The van der Waals surface area contributed by atoms with E-state index in [1.807, 2.05) is 20.8 Å². The monoisotopic (exact) mass is 410 g/mol. The Balaban J connectivity index is 1.80. The van der Waals surface area contributed by atoms with Gasteiger partial charge in [-0.25, -0.2) is 0 Å². The molecule has 3 amide bonds. The van der Waals surface area contributed by atoms with Gasteiger partial charge in [-0.1, -0.05) is 13.8 Å². The predicted molar refractivity (Wildman–Crippen MR) is 121 cm³/mol. The molecule has 1 atom stereocenters. The Morgan fingerprint density at radius 1 is 0.800 bits per heavy atom. The van der Waals surface area contributed by atoms with Crippen molar-refractivity contribution in [2.45, 2.75) is 46.1 Å². The Morgan fingerprint density at radius 3 is 1.87 bits per heavy atom. The largest absolute Gasteiger partial charge is 0.376 e. The normalized spacial score (nSPS) is 11.3. The zero-order valence-electron chi connectivity index (χ0n) is 17.7. The first-order valence-corrected chi connectivity index (χ1v) is 10.3. The van der Waals surface area contributed by atoms with Crippen molar-refractivity contribution < 1.29 is 14.4 Å². The molecule has 160 valence electrons. The highest BCUT2D eigenvalue weighted by molar-refractivity contribution is 5.96. The van der Waals surface area contributed by atoms with Gasteiger partial charge in [0.15, 0.2) is 0 Å². The number of amides is 3. The molecule has 0 fully saturated rings. The van der Waals surface area contributed by atoms with Gasteiger partial charge in [0.2, 0.25) is 11.8 Å². The predicted octanol–water partition coefficient (Wildman–Crippen LogP) is 4.00. The third-order valence-electron chi connectivity index (χ3n) is 4.52. The standard InChI is InChI=1S/C23H30N4O3/c1-4-6-21(28)26-19-11-13-20(14-12-19)27-22(29)15-24-18-9-7-17(8-10-18)23(30)25-16(3)5-2/h7-14,16,24H,4-6,15H2,1-3H3,(H,25,30)(H,26,28)(H,27,29). The van der Waals surface area contributed by atoms with Gasteiger partial charge in [0, 0.05) is 35.1 Å². The Bertz CT molecular complexity index is 848. The molecule has 4 N–H and O–H groups in total. The van der Waals surface area contributed by atoms with E-state index in [9.17, 15) is 14.4 Å². The highest BCUT2D eigenvalue weighted by Gasteiger charge is 2.09. The minimum atomic E-state index is -0.198. The fourth-order valence-corrected chi connectivity index (χ4v) is 2.62. The van der Waals surface area contributed by atoms with Gasteiger partial charge in [-0.3, -0.25) is 14.4 Å². The van der Waals surface area contributed by atoms with E-state index in [1.54, 1.807) is 48.5 Å². The highest BCUT2D eigenvalue weighted by Crippen LogP contribution is 2.14. The van der Waals surface area contributed by atoms with E-state index in [4.69, 9.17) is 0 Å². The van der Waals surface area contributed by atoms with Crippen LogP contribution in [0.3, 0.4) is 0 Å². The molecule has 0 saturated carbocycles. The quantitative estimate of drug-likeness (QED) is 0.476. The fourth-order valence-electron chi connectivity index (χ4n) is 2.62. The highest BCUT2D eigenvalue weighted by atomic mass is 16.2. The number of nitrogens with one attached hydrogen (secondary N) is 4. The van der Waals surface area contributed by atoms with Crippen LogP contribution in [0.5, 0.6) is 0 Å². The molecule has 2 rings (SSSR count). The smallest absolute Gasteiger partial charge is 0.251 e. The number of hydrogen-bond acceptors (Lipinski definition) is 4. The number of carbonyl (C=O) groups is 3. The average Bonchev–Trinajstić information content (AvgIpc) is 2.74. The van der Waals surface area contributed by atoms with Crippen LogP contribution in [0.25, 0.3) is 0 Å². The molecule has 0 saturated heterocycles. The molecule has 0 heterocycles. The summed E-state index contributed by atoms with van der Waals surface area (Å²) in [5, 5.41) is 11.6. The molecule has 7 heteroatoms. The van der Waals surface area contributed by atoms with Crippen LogP contribution in [-0.2, 0) is 9.59 Å². The van der Waals surface area contributed by atoms with Crippen LogP contribution in [-0.4, -0.2) is 30.3 Å². The van der Waals surface area contributed by atoms with Crippen molar-refractivity contribution in [2.75, 3.05) is 22.5 Å². The third kappa shape index (κ3) is 7.58. The summed E-state index contributed by atoms with van der Waals surface area (Å²) in [4.78, 5) is 35.8. The Hall–Kier alpha value is -3.35. The average molecular weight is 411 g/mol. The van der Waals surface area contributed by atoms with Gasteiger partial charge < -0.3 is 21.3 Å². The summed E-state index contributed by atoms with van der Waals surface area (Å²) in [5.41, 5.74) is 2.67. The van der Waals surface area contributed by atoms with Gasteiger partial charge in [0.25, 0.3) is 5.91 Å². The van der Waals surface area contributed by atoms with Gasteiger partial charge in [0.1, 0.15) is 0 Å². The second kappa shape index (κ2) is 11.6. The Morgan fingerprint density at radius 2 is 1.33 bits per heavy atom. The molecule has 0 bridgehead atoms. The lowest BCUT2D eigenvalue weighted by molar-refractivity contribution is -0.116. The summed E-state index contributed by atoms with van der Waals surface area (Å²) >= 11 is 0. The van der Waals surface area contributed by atoms with Crippen LogP contribution in [0.1, 0.15) is 50.4 Å². The molecular weight excluding hydrogens is 380 g/mol. The molecule has 7 nitrogen and oxygen atoms in total. The molecular formula is C23H30N4O3. The Kier molecular flexibility index (Phi) is 8.87. The molecule has 2 aromatic rings. The van der Waals surface area contributed by atoms with Crippen molar-refractivity contribution in [1.82, 2.24) is 5.32 Å². The van der Waals surface area contributed by atoms with Crippen molar-refractivity contribution >= 4 is 34.8 Å². The van der Waals surface area contributed by atoms with Crippen LogP contribution in [0, 0.1) is 0 Å². The lowest BCUT2D eigenvalue weighted by Crippen LogP contribution is -2.31. The molecule has 0 radical (unpaired) electrons. The molecule has 0 spiro atoms. The minimum Gasteiger partial charge on any atom is -0.376 e. The van der Waals surface area contributed by atoms with Crippen molar-refractivity contribution in [3.8, 4) is 0 Å². The first-order valence-electron chi connectivity index (χ1n) is 10.3.